The summed E-state index contributed by atoms with van der Waals surface area (Å²) in [6, 6.07) is 3.47. The minimum Gasteiger partial charge on any atom is -0.444 e. The molecule has 1 saturated carbocycles. The first kappa shape index (κ1) is 21.5. The van der Waals surface area contributed by atoms with Crippen LogP contribution in [0.2, 0.25) is 0 Å². The minimum absolute atomic E-state index is 0.153. The van der Waals surface area contributed by atoms with Crippen LogP contribution < -0.4 is 5.32 Å². The van der Waals surface area contributed by atoms with Crippen LogP contribution >= 0.6 is 11.8 Å². The second kappa shape index (κ2) is 7.91. The molecule has 0 saturated heterocycles. The molecule has 1 aromatic rings. The molecule has 1 amide bonds. The lowest BCUT2D eigenvalue weighted by Crippen LogP contribution is -2.44. The Bertz CT molecular complexity index is 857. The summed E-state index contributed by atoms with van der Waals surface area (Å²) in [4.78, 5) is 27.6. The van der Waals surface area contributed by atoms with Gasteiger partial charge < -0.3 is 9.47 Å². The number of amidine groups is 1. The van der Waals surface area contributed by atoms with Crippen LogP contribution in [-0.4, -0.2) is 40.8 Å². The topological polar surface area (TPSA) is 103 Å². The van der Waals surface area contributed by atoms with Gasteiger partial charge in [-0.15, -0.1) is 0 Å². The van der Waals surface area contributed by atoms with Gasteiger partial charge in [-0.1, -0.05) is 11.8 Å². The Morgan fingerprint density at radius 3 is 2.79 bits per heavy atom. The standard InChI is InChI=1S/C19H24FN3O5S/c1-18(2,3)28-17(24)21-16-22-19(8-7-15(27-4)13(19)10-29-16)12-9-11(23(25)26)5-6-14(12)20/h5-6,9,13,15H,7-8,10H2,1-4H3,(H,21,22,24)/t13-,15-,19+/m1/s1. The first-order valence-corrected chi connectivity index (χ1v) is 10.2. The second-order valence-corrected chi connectivity index (χ2v) is 9.13. The highest BCUT2D eigenvalue weighted by Gasteiger charge is 2.53. The van der Waals surface area contributed by atoms with E-state index < -0.39 is 28.0 Å². The number of nitro benzene ring substituents is 1. The molecule has 1 N–H and O–H groups in total. The number of alkyl carbamates (subject to hydrolysis) is 1. The van der Waals surface area contributed by atoms with Gasteiger partial charge in [-0.05, 0) is 39.7 Å². The van der Waals surface area contributed by atoms with Crippen molar-refractivity contribution in [2.45, 2.75) is 50.9 Å². The summed E-state index contributed by atoms with van der Waals surface area (Å²) < 4.78 is 25.7. The van der Waals surface area contributed by atoms with E-state index in [-0.39, 0.29) is 23.3 Å². The van der Waals surface area contributed by atoms with Crippen molar-refractivity contribution in [1.29, 1.82) is 0 Å². The van der Waals surface area contributed by atoms with Crippen molar-refractivity contribution >= 4 is 28.7 Å². The van der Waals surface area contributed by atoms with Gasteiger partial charge in [0.25, 0.3) is 5.69 Å². The number of benzene rings is 1. The summed E-state index contributed by atoms with van der Waals surface area (Å²) in [5.41, 5.74) is -1.78. The molecule has 10 heteroatoms. The van der Waals surface area contributed by atoms with Crippen LogP contribution in [0.5, 0.6) is 0 Å². The number of fused-ring (bicyclic) bond motifs is 1. The number of halogens is 1. The number of thioether (sulfide) groups is 1. The minimum atomic E-state index is -1.05. The number of methoxy groups -OCH3 is 1. The Morgan fingerprint density at radius 2 is 2.17 bits per heavy atom. The maximum absolute atomic E-state index is 14.8. The van der Waals surface area contributed by atoms with E-state index in [1.165, 1.54) is 17.8 Å². The fourth-order valence-electron chi connectivity index (χ4n) is 3.91. The average molecular weight is 425 g/mol. The fraction of sp³-hybridized carbons (Fsp3) is 0.579. The smallest absolute Gasteiger partial charge is 0.413 e. The zero-order valence-corrected chi connectivity index (χ0v) is 17.5. The number of non-ortho nitro benzene ring substituents is 1. The number of carbonyl (C=O) groups is 1. The first-order chi connectivity index (χ1) is 13.6. The first-order valence-electron chi connectivity index (χ1n) is 9.25. The van der Waals surface area contributed by atoms with E-state index in [4.69, 9.17) is 14.5 Å². The van der Waals surface area contributed by atoms with Gasteiger partial charge in [-0.25, -0.2) is 9.18 Å². The van der Waals surface area contributed by atoms with Gasteiger partial charge in [0.2, 0.25) is 0 Å². The van der Waals surface area contributed by atoms with Crippen LogP contribution in [-0.2, 0) is 15.0 Å². The Hall–Kier alpha value is -2.20. The Kier molecular flexibility index (Phi) is 5.86. The Labute approximate surface area is 172 Å². The monoisotopic (exact) mass is 425 g/mol. The summed E-state index contributed by atoms with van der Waals surface area (Å²) >= 11 is 1.32. The van der Waals surface area contributed by atoms with E-state index in [0.717, 1.165) is 12.1 Å². The van der Waals surface area contributed by atoms with Gasteiger partial charge in [-0.3, -0.25) is 20.4 Å². The molecule has 1 aliphatic carbocycles. The SMILES string of the molecule is CO[C@@H]1CC[C@@]2(c3cc([N+](=O)[O-])ccc3F)N=C(NC(=O)OC(C)(C)C)SC[C@H]12. The molecule has 2 aliphatic rings. The second-order valence-electron chi connectivity index (χ2n) is 8.12. The highest BCUT2D eigenvalue weighted by molar-refractivity contribution is 8.13. The van der Waals surface area contributed by atoms with Gasteiger partial charge >= 0.3 is 6.09 Å². The van der Waals surface area contributed by atoms with Crippen molar-refractivity contribution in [3.63, 3.8) is 0 Å². The molecule has 0 aromatic heterocycles. The maximum Gasteiger partial charge on any atom is 0.413 e. The van der Waals surface area contributed by atoms with Crippen molar-refractivity contribution in [3.8, 4) is 0 Å². The molecule has 3 atom stereocenters. The average Bonchev–Trinajstić information content (AvgIpc) is 2.98. The van der Waals surface area contributed by atoms with E-state index in [1.54, 1.807) is 27.9 Å². The number of ether oxygens (including phenoxy) is 2. The van der Waals surface area contributed by atoms with Crippen LogP contribution in [0.15, 0.2) is 23.2 Å². The molecule has 1 heterocycles. The Morgan fingerprint density at radius 1 is 1.45 bits per heavy atom. The van der Waals surface area contributed by atoms with Crippen LogP contribution in [0.4, 0.5) is 14.9 Å². The number of nitrogens with zero attached hydrogens (tertiary/aromatic N) is 2. The Balaban J connectivity index is 2.02. The molecule has 29 heavy (non-hydrogen) atoms. The lowest BCUT2D eigenvalue weighted by atomic mass is 9.80. The van der Waals surface area contributed by atoms with E-state index >= 15 is 0 Å². The quantitative estimate of drug-likeness (QED) is 0.580. The number of hydrogen-bond donors (Lipinski definition) is 1. The van der Waals surface area contributed by atoms with Gasteiger partial charge in [0, 0.05) is 36.5 Å². The molecule has 1 aliphatic heterocycles. The number of hydrogen-bond acceptors (Lipinski definition) is 7. The van der Waals surface area contributed by atoms with Gasteiger partial charge in [-0.2, -0.15) is 0 Å². The molecule has 0 bridgehead atoms. The number of aliphatic imine (C=N–C) groups is 1. The molecule has 3 rings (SSSR count). The highest BCUT2D eigenvalue weighted by Crippen LogP contribution is 2.52. The summed E-state index contributed by atoms with van der Waals surface area (Å²) in [6.07, 6.45) is 0.271. The van der Waals surface area contributed by atoms with Gasteiger partial charge in [0.05, 0.1) is 16.6 Å². The summed E-state index contributed by atoms with van der Waals surface area (Å²) in [5, 5.41) is 14.2. The molecule has 0 unspecified atom stereocenters. The van der Waals surface area contributed by atoms with Gasteiger partial charge in [0.1, 0.15) is 11.4 Å². The van der Waals surface area contributed by atoms with E-state index in [9.17, 15) is 19.3 Å². The van der Waals surface area contributed by atoms with Crippen LogP contribution in [0, 0.1) is 21.8 Å². The van der Waals surface area contributed by atoms with Crippen molar-refractivity contribution in [2.75, 3.05) is 12.9 Å². The molecule has 1 fully saturated rings. The van der Waals surface area contributed by atoms with Crippen LogP contribution in [0.1, 0.15) is 39.2 Å². The lowest BCUT2D eigenvalue weighted by Gasteiger charge is -2.38. The number of amides is 1. The third kappa shape index (κ3) is 4.37. The third-order valence-electron chi connectivity index (χ3n) is 5.11. The van der Waals surface area contributed by atoms with E-state index in [2.05, 4.69) is 5.32 Å². The third-order valence-corrected chi connectivity index (χ3v) is 6.10. The van der Waals surface area contributed by atoms with E-state index in [1.807, 2.05) is 0 Å². The summed E-state index contributed by atoms with van der Waals surface area (Å²) in [7, 11) is 1.59. The normalized spacial score (nSPS) is 26.4. The molecule has 1 aromatic carbocycles. The van der Waals surface area contributed by atoms with Gasteiger partial charge in [0.15, 0.2) is 5.17 Å². The van der Waals surface area contributed by atoms with Crippen molar-refractivity contribution in [1.82, 2.24) is 5.32 Å². The number of nitro groups is 1. The molecule has 8 nitrogen and oxygen atoms in total. The maximum atomic E-state index is 14.8. The summed E-state index contributed by atoms with van der Waals surface area (Å²) in [6.45, 7) is 5.25. The largest absolute Gasteiger partial charge is 0.444 e. The molecular formula is C19H24FN3O5S. The highest BCUT2D eigenvalue weighted by atomic mass is 32.2. The predicted molar refractivity (Wildman–Crippen MR) is 108 cm³/mol. The zero-order valence-electron chi connectivity index (χ0n) is 16.7. The van der Waals surface area contributed by atoms with Crippen molar-refractivity contribution in [3.05, 3.63) is 39.7 Å². The number of rotatable bonds is 3. The van der Waals surface area contributed by atoms with Crippen LogP contribution in [0.25, 0.3) is 0 Å². The molecule has 158 valence electrons. The lowest BCUT2D eigenvalue weighted by molar-refractivity contribution is -0.385. The summed E-state index contributed by atoms with van der Waals surface area (Å²) in [5.74, 6) is -0.224. The predicted octanol–water partition coefficient (Wildman–Crippen LogP) is 3.98. The van der Waals surface area contributed by atoms with Crippen LogP contribution in [0.3, 0.4) is 0 Å². The molecule has 0 spiro atoms. The fourth-order valence-corrected chi connectivity index (χ4v) is 5.12. The molecular weight excluding hydrogens is 401 g/mol. The van der Waals surface area contributed by atoms with E-state index in [0.29, 0.717) is 23.8 Å². The number of carbonyl (C=O) groups excluding carboxylic acids is 1. The number of nitrogens with one attached hydrogen (secondary N) is 1. The molecule has 0 radical (unpaired) electrons. The van der Waals surface area contributed by atoms with Crippen molar-refractivity contribution < 1.29 is 23.6 Å². The zero-order chi connectivity index (χ0) is 21.4. The van der Waals surface area contributed by atoms with Crippen molar-refractivity contribution in [2.24, 2.45) is 10.9 Å².